The van der Waals surface area contributed by atoms with Gasteiger partial charge in [0.05, 0.1) is 0 Å². The monoisotopic (exact) mass is 399 g/mol. The standard InChI is InChI=1S/C22H23F2N3O2/c1-14(28)27-9-7-16-10-17(2-5-21(16)27)22(29)25-12-15-6-8-26(13-15)18-3-4-19(23)20(24)11-18/h2-5,10-11,15H,6-9,12-13H2,1H3,(H,25,29). The molecule has 7 heteroatoms. The first-order valence-corrected chi connectivity index (χ1v) is 9.81. The number of carbonyl (C=O) groups is 2. The summed E-state index contributed by atoms with van der Waals surface area (Å²) >= 11 is 0. The third-order valence-electron chi connectivity index (χ3n) is 5.72. The van der Waals surface area contributed by atoms with Gasteiger partial charge in [0, 0.05) is 56.1 Å². The Hall–Kier alpha value is -2.96. The molecule has 152 valence electrons. The van der Waals surface area contributed by atoms with Crippen molar-refractivity contribution < 1.29 is 18.4 Å². The van der Waals surface area contributed by atoms with E-state index in [2.05, 4.69) is 5.32 Å². The highest BCUT2D eigenvalue weighted by atomic mass is 19.2. The lowest BCUT2D eigenvalue weighted by Crippen LogP contribution is -2.31. The number of anilines is 2. The number of hydrogen-bond acceptors (Lipinski definition) is 3. The second-order valence-electron chi connectivity index (χ2n) is 7.67. The molecule has 2 aromatic carbocycles. The van der Waals surface area contributed by atoms with Crippen molar-refractivity contribution in [1.29, 1.82) is 0 Å². The molecular formula is C22H23F2N3O2. The number of halogens is 2. The first-order valence-electron chi connectivity index (χ1n) is 9.81. The molecule has 0 spiro atoms. The highest BCUT2D eigenvalue weighted by Gasteiger charge is 2.25. The number of benzene rings is 2. The SMILES string of the molecule is CC(=O)N1CCc2cc(C(=O)NCC3CCN(c4ccc(F)c(F)c4)C3)ccc21. The fourth-order valence-electron chi connectivity index (χ4n) is 4.12. The Balaban J connectivity index is 1.33. The van der Waals surface area contributed by atoms with Crippen molar-refractivity contribution in [3.05, 3.63) is 59.2 Å². The normalized spacial score (nSPS) is 18.1. The molecule has 2 heterocycles. The van der Waals surface area contributed by atoms with Crippen LogP contribution in [0.15, 0.2) is 36.4 Å². The fourth-order valence-corrected chi connectivity index (χ4v) is 4.12. The summed E-state index contributed by atoms with van der Waals surface area (Å²) in [5, 5.41) is 2.98. The summed E-state index contributed by atoms with van der Waals surface area (Å²) in [5.41, 5.74) is 3.14. The molecule has 2 aliphatic rings. The predicted molar refractivity (Wildman–Crippen MR) is 107 cm³/mol. The van der Waals surface area contributed by atoms with E-state index in [4.69, 9.17) is 0 Å². The van der Waals surface area contributed by atoms with Crippen molar-refractivity contribution in [2.24, 2.45) is 5.92 Å². The summed E-state index contributed by atoms with van der Waals surface area (Å²) in [6, 6.07) is 9.37. The van der Waals surface area contributed by atoms with Gasteiger partial charge in [0.25, 0.3) is 5.91 Å². The molecule has 2 amide bonds. The van der Waals surface area contributed by atoms with E-state index < -0.39 is 11.6 Å². The molecule has 1 saturated heterocycles. The van der Waals surface area contributed by atoms with Crippen molar-refractivity contribution >= 4 is 23.2 Å². The number of carbonyl (C=O) groups excluding carboxylic acids is 2. The maximum Gasteiger partial charge on any atom is 0.251 e. The minimum absolute atomic E-state index is 0.00720. The summed E-state index contributed by atoms with van der Waals surface area (Å²) in [5.74, 6) is -1.58. The van der Waals surface area contributed by atoms with Gasteiger partial charge in [-0.1, -0.05) is 0 Å². The first kappa shape index (κ1) is 19.4. The average Bonchev–Trinajstić information content (AvgIpc) is 3.34. The lowest BCUT2D eigenvalue weighted by atomic mass is 10.1. The van der Waals surface area contributed by atoms with E-state index >= 15 is 0 Å². The molecule has 5 nitrogen and oxygen atoms in total. The van der Waals surface area contributed by atoms with Crippen molar-refractivity contribution in [3.63, 3.8) is 0 Å². The van der Waals surface area contributed by atoms with E-state index in [1.165, 1.54) is 6.07 Å². The van der Waals surface area contributed by atoms with Crippen molar-refractivity contribution in [2.75, 3.05) is 36.0 Å². The molecular weight excluding hydrogens is 376 g/mol. The molecule has 2 aromatic rings. The highest BCUT2D eigenvalue weighted by molar-refractivity contribution is 5.97. The van der Waals surface area contributed by atoms with Crippen LogP contribution in [0.2, 0.25) is 0 Å². The molecule has 1 atom stereocenters. The van der Waals surface area contributed by atoms with Crippen molar-refractivity contribution in [3.8, 4) is 0 Å². The quantitative estimate of drug-likeness (QED) is 0.860. The molecule has 0 bridgehead atoms. The van der Waals surface area contributed by atoms with Crippen LogP contribution in [0, 0.1) is 17.6 Å². The first-order chi connectivity index (χ1) is 13.9. The Kier molecular flexibility index (Phi) is 5.22. The van der Waals surface area contributed by atoms with Crippen LogP contribution in [-0.2, 0) is 11.2 Å². The van der Waals surface area contributed by atoms with E-state index in [0.717, 1.165) is 36.7 Å². The summed E-state index contributed by atoms with van der Waals surface area (Å²) in [4.78, 5) is 27.9. The van der Waals surface area contributed by atoms with Gasteiger partial charge >= 0.3 is 0 Å². The molecule has 4 rings (SSSR count). The number of amides is 2. The van der Waals surface area contributed by atoms with E-state index in [1.807, 2.05) is 17.0 Å². The van der Waals surface area contributed by atoms with Gasteiger partial charge in [-0.2, -0.15) is 0 Å². The molecule has 0 saturated carbocycles. The second-order valence-corrected chi connectivity index (χ2v) is 7.67. The molecule has 0 radical (unpaired) electrons. The van der Waals surface area contributed by atoms with Gasteiger partial charge < -0.3 is 15.1 Å². The van der Waals surface area contributed by atoms with Crippen molar-refractivity contribution in [1.82, 2.24) is 5.32 Å². The molecule has 1 unspecified atom stereocenters. The van der Waals surface area contributed by atoms with Crippen LogP contribution >= 0.6 is 0 Å². The molecule has 0 aromatic heterocycles. The third kappa shape index (κ3) is 3.95. The Bertz CT molecular complexity index is 963. The minimum atomic E-state index is -0.850. The summed E-state index contributed by atoms with van der Waals surface area (Å²) in [7, 11) is 0. The van der Waals surface area contributed by atoms with Crippen LogP contribution in [0.1, 0.15) is 29.3 Å². The van der Waals surface area contributed by atoms with Crippen LogP contribution in [0.4, 0.5) is 20.2 Å². The number of hydrogen-bond donors (Lipinski definition) is 1. The maximum absolute atomic E-state index is 13.5. The summed E-state index contributed by atoms with van der Waals surface area (Å²) < 4.78 is 26.6. The van der Waals surface area contributed by atoms with Gasteiger partial charge in [0.2, 0.25) is 5.91 Å². The third-order valence-corrected chi connectivity index (χ3v) is 5.72. The zero-order valence-corrected chi connectivity index (χ0v) is 16.3. The lowest BCUT2D eigenvalue weighted by molar-refractivity contribution is -0.116. The average molecular weight is 399 g/mol. The number of rotatable bonds is 4. The van der Waals surface area contributed by atoms with Crippen LogP contribution in [0.5, 0.6) is 0 Å². The number of nitrogens with one attached hydrogen (secondary N) is 1. The Morgan fingerprint density at radius 1 is 1.10 bits per heavy atom. The minimum Gasteiger partial charge on any atom is -0.371 e. The van der Waals surface area contributed by atoms with Gasteiger partial charge in [-0.15, -0.1) is 0 Å². The Morgan fingerprint density at radius 3 is 2.69 bits per heavy atom. The maximum atomic E-state index is 13.5. The molecule has 1 N–H and O–H groups in total. The zero-order valence-electron chi connectivity index (χ0n) is 16.3. The van der Waals surface area contributed by atoms with E-state index in [0.29, 0.717) is 30.9 Å². The van der Waals surface area contributed by atoms with Gasteiger partial charge in [0.1, 0.15) is 0 Å². The number of fused-ring (bicyclic) bond motifs is 1. The zero-order chi connectivity index (χ0) is 20.5. The van der Waals surface area contributed by atoms with Gasteiger partial charge in [-0.25, -0.2) is 8.78 Å². The summed E-state index contributed by atoms with van der Waals surface area (Å²) in [6.45, 7) is 4.14. The van der Waals surface area contributed by atoms with Crippen molar-refractivity contribution in [2.45, 2.75) is 19.8 Å². The molecule has 1 fully saturated rings. The van der Waals surface area contributed by atoms with E-state index in [9.17, 15) is 18.4 Å². The van der Waals surface area contributed by atoms with Crippen LogP contribution < -0.4 is 15.1 Å². The summed E-state index contributed by atoms with van der Waals surface area (Å²) in [6.07, 6.45) is 1.62. The Labute approximate surface area is 168 Å². The topological polar surface area (TPSA) is 52.7 Å². The smallest absolute Gasteiger partial charge is 0.251 e. The van der Waals surface area contributed by atoms with Crippen LogP contribution in [0.3, 0.4) is 0 Å². The second kappa shape index (κ2) is 7.81. The molecule has 29 heavy (non-hydrogen) atoms. The molecule has 0 aliphatic carbocycles. The lowest BCUT2D eigenvalue weighted by Gasteiger charge is -2.19. The largest absolute Gasteiger partial charge is 0.371 e. The van der Waals surface area contributed by atoms with Crippen LogP contribution in [0.25, 0.3) is 0 Å². The molecule has 2 aliphatic heterocycles. The Morgan fingerprint density at radius 2 is 1.93 bits per heavy atom. The van der Waals surface area contributed by atoms with E-state index in [1.54, 1.807) is 24.0 Å². The number of nitrogens with zero attached hydrogens (tertiary/aromatic N) is 2. The predicted octanol–water partition coefficient (Wildman–Crippen LogP) is 3.13. The fraction of sp³-hybridized carbons (Fsp3) is 0.364. The van der Waals surface area contributed by atoms with Crippen LogP contribution in [-0.4, -0.2) is 38.0 Å². The van der Waals surface area contributed by atoms with Gasteiger partial charge in [0.15, 0.2) is 11.6 Å². The highest BCUT2D eigenvalue weighted by Crippen LogP contribution is 2.29. The van der Waals surface area contributed by atoms with Gasteiger partial charge in [-0.3, -0.25) is 9.59 Å². The van der Waals surface area contributed by atoms with Gasteiger partial charge in [-0.05, 0) is 54.7 Å². The van der Waals surface area contributed by atoms with E-state index in [-0.39, 0.29) is 17.7 Å².